The summed E-state index contributed by atoms with van der Waals surface area (Å²) in [6, 6.07) is 1.84. The second-order valence-electron chi connectivity index (χ2n) is 3.73. The smallest absolute Gasteiger partial charge is 0.316 e. The van der Waals surface area contributed by atoms with Crippen LogP contribution in [0.2, 0.25) is 0 Å². The largest absolute Gasteiger partial charge is 0.357 e. The summed E-state index contributed by atoms with van der Waals surface area (Å²) in [7, 11) is 1.69. The van der Waals surface area contributed by atoms with Gasteiger partial charge in [0.05, 0.1) is 4.92 Å². The number of anilines is 1. The second-order valence-corrected chi connectivity index (χ2v) is 4.85. The van der Waals surface area contributed by atoms with Gasteiger partial charge in [0.15, 0.2) is 5.69 Å². The fraction of sp³-hybridized carbons (Fsp3) is 0.273. The summed E-state index contributed by atoms with van der Waals surface area (Å²) in [4.78, 5) is 20.0. The number of hydrogen-bond donors (Lipinski definition) is 1. The molecule has 1 N–H and O–H groups in total. The van der Waals surface area contributed by atoms with Crippen LogP contribution in [-0.4, -0.2) is 21.9 Å². The maximum atomic E-state index is 11.2. The van der Waals surface area contributed by atoms with Crippen molar-refractivity contribution in [3.63, 3.8) is 0 Å². The van der Waals surface area contributed by atoms with Gasteiger partial charge in [-0.2, -0.15) is 0 Å². The van der Waals surface area contributed by atoms with Gasteiger partial charge in [-0.1, -0.05) is 0 Å². The minimum atomic E-state index is -0.429. The van der Waals surface area contributed by atoms with E-state index in [1.54, 1.807) is 14.0 Å². The lowest BCUT2D eigenvalue weighted by Crippen LogP contribution is -2.05. The van der Waals surface area contributed by atoms with Gasteiger partial charge in [-0.25, -0.2) is 9.97 Å². The van der Waals surface area contributed by atoms with Crippen LogP contribution in [0, 0.1) is 24.0 Å². The van der Waals surface area contributed by atoms with E-state index < -0.39 is 4.92 Å². The predicted octanol–water partition coefficient (Wildman–Crippen LogP) is 2.77. The van der Waals surface area contributed by atoms with Crippen LogP contribution in [0.4, 0.5) is 11.6 Å². The molecule has 0 unspecified atom stereocenters. The monoisotopic (exact) mass is 264 g/mol. The summed E-state index contributed by atoms with van der Waals surface area (Å²) in [5.41, 5.74) is 1.49. The first-order valence-corrected chi connectivity index (χ1v) is 6.17. The summed E-state index contributed by atoms with van der Waals surface area (Å²) < 4.78 is 0. The molecular formula is C11H12N4O2S. The highest BCUT2D eigenvalue weighted by atomic mass is 32.1. The summed E-state index contributed by atoms with van der Waals surface area (Å²) in [5, 5.41) is 15.9. The molecule has 2 aromatic rings. The van der Waals surface area contributed by atoms with Gasteiger partial charge in [0, 0.05) is 17.5 Å². The van der Waals surface area contributed by atoms with Crippen molar-refractivity contribution in [3.05, 3.63) is 32.1 Å². The predicted molar refractivity (Wildman–Crippen MR) is 71.0 cm³/mol. The van der Waals surface area contributed by atoms with E-state index in [9.17, 15) is 10.1 Å². The Morgan fingerprint density at radius 1 is 1.39 bits per heavy atom. The Kier molecular flexibility index (Phi) is 3.24. The van der Waals surface area contributed by atoms with Gasteiger partial charge in [0.2, 0.25) is 5.95 Å². The van der Waals surface area contributed by atoms with E-state index in [2.05, 4.69) is 15.3 Å². The number of hydrogen-bond acceptors (Lipinski definition) is 6. The van der Waals surface area contributed by atoms with Crippen molar-refractivity contribution in [3.8, 4) is 11.3 Å². The number of aromatic nitrogens is 2. The first-order chi connectivity index (χ1) is 8.54. The highest BCUT2D eigenvalue weighted by Gasteiger charge is 2.24. The molecule has 0 fully saturated rings. The maximum Gasteiger partial charge on any atom is 0.316 e. The van der Waals surface area contributed by atoms with Crippen molar-refractivity contribution in [1.82, 2.24) is 9.97 Å². The van der Waals surface area contributed by atoms with E-state index in [4.69, 9.17) is 0 Å². The van der Waals surface area contributed by atoms with Crippen molar-refractivity contribution in [2.45, 2.75) is 13.8 Å². The Morgan fingerprint density at radius 2 is 2.11 bits per heavy atom. The summed E-state index contributed by atoms with van der Waals surface area (Å²) >= 11 is 1.54. The molecule has 2 rings (SSSR count). The van der Waals surface area contributed by atoms with Gasteiger partial charge in [0.25, 0.3) is 0 Å². The zero-order valence-corrected chi connectivity index (χ0v) is 11.0. The van der Waals surface area contributed by atoms with Crippen LogP contribution in [0.5, 0.6) is 0 Å². The Balaban J connectivity index is 2.74. The molecule has 0 radical (unpaired) electrons. The van der Waals surface area contributed by atoms with Crippen LogP contribution in [0.25, 0.3) is 11.3 Å². The number of thiophene rings is 1. The molecule has 94 valence electrons. The Morgan fingerprint density at radius 3 is 2.61 bits per heavy atom. The second kappa shape index (κ2) is 4.69. The van der Waals surface area contributed by atoms with E-state index >= 15 is 0 Å². The summed E-state index contributed by atoms with van der Waals surface area (Å²) in [6.07, 6.45) is 0. The van der Waals surface area contributed by atoms with Gasteiger partial charge in [-0.3, -0.25) is 10.1 Å². The molecule has 2 heterocycles. The molecule has 0 aliphatic carbocycles. The van der Waals surface area contributed by atoms with Crippen LogP contribution in [0.1, 0.15) is 10.6 Å². The minimum Gasteiger partial charge on any atom is -0.357 e. The number of rotatable bonds is 3. The number of nitrogens with zero attached hydrogens (tertiary/aromatic N) is 3. The zero-order valence-electron chi connectivity index (χ0n) is 10.2. The van der Waals surface area contributed by atoms with E-state index in [0.29, 0.717) is 17.3 Å². The molecule has 0 atom stereocenters. The minimum absolute atomic E-state index is 0.0319. The average Bonchev–Trinajstić information content (AvgIpc) is 2.73. The number of nitrogens with one attached hydrogen (secondary N) is 1. The zero-order chi connectivity index (χ0) is 13.3. The van der Waals surface area contributed by atoms with Gasteiger partial charge >= 0.3 is 5.69 Å². The van der Waals surface area contributed by atoms with Gasteiger partial charge < -0.3 is 5.32 Å². The first-order valence-electron chi connectivity index (χ1n) is 5.30. The normalized spacial score (nSPS) is 10.4. The molecule has 0 bridgehead atoms. The molecule has 0 aromatic carbocycles. The van der Waals surface area contributed by atoms with Crippen molar-refractivity contribution in [2.24, 2.45) is 0 Å². The van der Waals surface area contributed by atoms with E-state index in [1.807, 2.05) is 18.4 Å². The molecule has 0 spiro atoms. The van der Waals surface area contributed by atoms with Crippen LogP contribution in [-0.2, 0) is 0 Å². The lowest BCUT2D eigenvalue weighted by molar-refractivity contribution is -0.385. The molecule has 0 aliphatic heterocycles. The van der Waals surface area contributed by atoms with E-state index in [-0.39, 0.29) is 5.69 Å². The quantitative estimate of drug-likeness (QED) is 0.681. The molecule has 0 saturated heterocycles. The van der Waals surface area contributed by atoms with Crippen molar-refractivity contribution in [2.75, 3.05) is 12.4 Å². The molecule has 6 nitrogen and oxygen atoms in total. The van der Waals surface area contributed by atoms with Crippen LogP contribution >= 0.6 is 11.3 Å². The third-order valence-electron chi connectivity index (χ3n) is 2.58. The van der Waals surface area contributed by atoms with E-state index in [0.717, 1.165) is 10.4 Å². The Hall–Kier alpha value is -2.02. The number of aryl methyl sites for hydroxylation is 2. The summed E-state index contributed by atoms with van der Waals surface area (Å²) in [5.74, 6) is 0.388. The standard InChI is InChI=1S/C11H12N4O2S/c1-6-10(15(16)17)9(14-11(12-3)13-6)8-4-5-18-7(8)2/h4-5H,1-3H3,(H,12,13,14). The lowest BCUT2D eigenvalue weighted by Gasteiger charge is -2.06. The number of nitro groups is 1. The van der Waals surface area contributed by atoms with Crippen LogP contribution < -0.4 is 5.32 Å². The third-order valence-corrected chi connectivity index (χ3v) is 3.42. The molecule has 0 saturated carbocycles. The maximum absolute atomic E-state index is 11.2. The molecule has 0 amide bonds. The lowest BCUT2D eigenvalue weighted by atomic mass is 10.1. The summed E-state index contributed by atoms with van der Waals surface area (Å²) in [6.45, 7) is 3.53. The van der Waals surface area contributed by atoms with Crippen molar-refractivity contribution in [1.29, 1.82) is 0 Å². The van der Waals surface area contributed by atoms with Gasteiger partial charge in [-0.15, -0.1) is 11.3 Å². The van der Waals surface area contributed by atoms with Crippen molar-refractivity contribution >= 4 is 23.0 Å². The molecular weight excluding hydrogens is 252 g/mol. The van der Waals surface area contributed by atoms with E-state index in [1.165, 1.54) is 11.3 Å². The topological polar surface area (TPSA) is 81.0 Å². The molecule has 18 heavy (non-hydrogen) atoms. The van der Waals surface area contributed by atoms with Crippen molar-refractivity contribution < 1.29 is 4.92 Å². The van der Waals surface area contributed by atoms with Crippen LogP contribution in [0.3, 0.4) is 0 Å². The SMILES string of the molecule is CNc1nc(C)c([N+](=O)[O-])c(-c2ccsc2C)n1. The fourth-order valence-electron chi connectivity index (χ4n) is 1.72. The van der Waals surface area contributed by atoms with Crippen LogP contribution in [0.15, 0.2) is 11.4 Å². The highest BCUT2D eigenvalue weighted by molar-refractivity contribution is 7.10. The molecule has 7 heteroatoms. The van der Waals surface area contributed by atoms with Gasteiger partial charge in [0.1, 0.15) is 5.69 Å². The molecule has 0 aliphatic rings. The molecule has 2 aromatic heterocycles. The Labute approximate surface area is 108 Å². The van der Waals surface area contributed by atoms with Gasteiger partial charge in [-0.05, 0) is 25.3 Å². The Bertz CT molecular complexity index is 609. The highest BCUT2D eigenvalue weighted by Crippen LogP contribution is 2.34. The third kappa shape index (κ3) is 2.04. The fourth-order valence-corrected chi connectivity index (χ4v) is 2.42. The first kappa shape index (κ1) is 12.4. The average molecular weight is 264 g/mol.